The van der Waals surface area contributed by atoms with Crippen LogP contribution in [0.4, 0.5) is 24.7 Å². The third-order valence-corrected chi connectivity index (χ3v) is 7.47. The van der Waals surface area contributed by atoms with Crippen LogP contribution in [0.3, 0.4) is 0 Å². The normalized spacial score (nSPS) is 18.9. The van der Waals surface area contributed by atoms with Crippen LogP contribution in [0.25, 0.3) is 5.65 Å². The van der Waals surface area contributed by atoms with E-state index in [1.54, 1.807) is 16.6 Å². The number of benzene rings is 1. The van der Waals surface area contributed by atoms with E-state index in [9.17, 15) is 18.0 Å². The topological polar surface area (TPSA) is 101 Å². The maximum Gasteiger partial charge on any atom is 0.416 e. The van der Waals surface area contributed by atoms with Crippen LogP contribution in [0, 0.1) is 6.92 Å². The highest BCUT2D eigenvalue weighted by Crippen LogP contribution is 2.34. The van der Waals surface area contributed by atoms with Crippen LogP contribution < -0.4 is 16.0 Å². The first kappa shape index (κ1) is 26.2. The molecule has 9 nitrogen and oxygen atoms in total. The van der Waals surface area contributed by atoms with Gasteiger partial charge in [-0.2, -0.15) is 13.2 Å². The minimum absolute atomic E-state index is 0.0989. The van der Waals surface area contributed by atoms with Crippen LogP contribution in [0.5, 0.6) is 0 Å². The lowest BCUT2D eigenvalue weighted by Crippen LogP contribution is -2.41. The van der Waals surface area contributed by atoms with Crippen LogP contribution >= 0.6 is 0 Å². The molecule has 0 unspecified atom stereocenters. The Morgan fingerprint density at radius 3 is 2.68 bits per heavy atom. The summed E-state index contributed by atoms with van der Waals surface area (Å²) in [5.74, 6) is 0.541. The van der Waals surface area contributed by atoms with Crippen molar-refractivity contribution in [2.24, 2.45) is 0 Å². The van der Waals surface area contributed by atoms with Crippen molar-refractivity contribution in [3.8, 4) is 0 Å². The standard InChI is InChI=1S/C26H32F3N7O2/c1-16-17(5-3-6-18(16)26(27,28)29)13-22-20(15-31-25(37)21-7-4-8-34(21)2)32-24-19(30)14-23(33-36(22)24)35-9-11-38-12-10-35/h3,5-6,14,21H,4,7-13,15,30H2,1-2H3,(H,31,37)/t21-/m0/s1. The number of rotatable bonds is 6. The zero-order valence-corrected chi connectivity index (χ0v) is 21.5. The van der Waals surface area contributed by atoms with E-state index in [4.69, 9.17) is 20.6 Å². The molecule has 1 aromatic carbocycles. The average Bonchev–Trinajstić information content (AvgIpc) is 3.47. The number of nitrogen functional groups attached to an aromatic ring is 1. The van der Waals surface area contributed by atoms with Crippen LogP contribution in [0.2, 0.25) is 0 Å². The number of imidazole rings is 1. The number of aromatic nitrogens is 3. The van der Waals surface area contributed by atoms with Crippen LogP contribution in [-0.2, 0) is 28.7 Å². The van der Waals surface area contributed by atoms with Gasteiger partial charge in [0, 0.05) is 25.6 Å². The Hall–Kier alpha value is -3.38. The summed E-state index contributed by atoms with van der Waals surface area (Å²) >= 11 is 0. The molecule has 38 heavy (non-hydrogen) atoms. The number of alkyl halides is 3. The molecule has 2 aliphatic rings. The highest BCUT2D eigenvalue weighted by Gasteiger charge is 2.33. The van der Waals surface area contributed by atoms with Gasteiger partial charge in [0.15, 0.2) is 11.5 Å². The second-order valence-corrected chi connectivity index (χ2v) is 9.92. The van der Waals surface area contributed by atoms with E-state index in [-0.39, 0.29) is 30.5 Å². The fourth-order valence-corrected chi connectivity index (χ4v) is 5.28. The number of nitrogens with zero attached hydrogens (tertiary/aromatic N) is 5. The quantitative estimate of drug-likeness (QED) is 0.505. The number of likely N-dealkylation sites (N-methyl/N-ethyl adjacent to an activating group) is 1. The largest absolute Gasteiger partial charge is 0.416 e. The first-order valence-corrected chi connectivity index (χ1v) is 12.8. The molecule has 1 atom stereocenters. The summed E-state index contributed by atoms with van der Waals surface area (Å²) in [5.41, 5.74) is 8.29. The van der Waals surface area contributed by atoms with E-state index in [0.29, 0.717) is 60.4 Å². The highest BCUT2D eigenvalue weighted by molar-refractivity contribution is 5.82. The number of hydrogen-bond donors (Lipinski definition) is 2. The molecule has 2 aromatic heterocycles. The van der Waals surface area contributed by atoms with Gasteiger partial charge < -0.3 is 20.7 Å². The van der Waals surface area contributed by atoms with Gasteiger partial charge in [0.25, 0.3) is 0 Å². The summed E-state index contributed by atoms with van der Waals surface area (Å²) in [6.07, 6.45) is -2.59. The van der Waals surface area contributed by atoms with Crippen molar-refractivity contribution in [1.82, 2.24) is 24.8 Å². The summed E-state index contributed by atoms with van der Waals surface area (Å²) in [6.45, 7) is 4.86. The summed E-state index contributed by atoms with van der Waals surface area (Å²) < 4.78 is 47.9. The zero-order chi connectivity index (χ0) is 27.0. The van der Waals surface area contributed by atoms with Crippen LogP contribution in [0.1, 0.15) is 40.9 Å². The predicted octanol–water partition coefficient (Wildman–Crippen LogP) is 2.78. The number of anilines is 2. The monoisotopic (exact) mass is 531 g/mol. The summed E-state index contributed by atoms with van der Waals surface area (Å²) in [7, 11) is 1.92. The Balaban J connectivity index is 1.54. The van der Waals surface area contributed by atoms with Gasteiger partial charge in [-0.1, -0.05) is 12.1 Å². The SMILES string of the molecule is Cc1c(Cc2c(CNC(=O)[C@@H]3CCCN3C)nc3c(N)cc(N4CCOCC4)nn23)cccc1C(F)(F)F. The Bertz CT molecular complexity index is 1330. The summed E-state index contributed by atoms with van der Waals surface area (Å²) in [5, 5.41) is 7.77. The Morgan fingerprint density at radius 1 is 1.24 bits per heavy atom. The highest BCUT2D eigenvalue weighted by atomic mass is 19.4. The molecular formula is C26H32F3N7O2. The molecule has 0 radical (unpaired) electrons. The lowest BCUT2D eigenvalue weighted by molar-refractivity contribution is -0.138. The average molecular weight is 532 g/mol. The lowest BCUT2D eigenvalue weighted by atomic mass is 9.98. The molecule has 1 amide bonds. The van der Waals surface area contributed by atoms with Crippen LogP contribution in [0.15, 0.2) is 24.3 Å². The Kier molecular flexibility index (Phi) is 7.19. The third-order valence-electron chi connectivity index (χ3n) is 7.47. The van der Waals surface area contributed by atoms with Gasteiger partial charge >= 0.3 is 6.18 Å². The van der Waals surface area contributed by atoms with Crippen molar-refractivity contribution >= 4 is 23.1 Å². The van der Waals surface area contributed by atoms with E-state index in [2.05, 4.69) is 10.2 Å². The zero-order valence-electron chi connectivity index (χ0n) is 21.5. The minimum Gasteiger partial charge on any atom is -0.396 e. The molecule has 2 aliphatic heterocycles. The Morgan fingerprint density at radius 2 is 2.00 bits per heavy atom. The van der Waals surface area contributed by atoms with Crippen molar-refractivity contribution in [1.29, 1.82) is 0 Å². The van der Waals surface area contributed by atoms with Crippen LogP contribution in [-0.4, -0.2) is 71.3 Å². The molecule has 12 heteroatoms. The number of amides is 1. The van der Waals surface area contributed by atoms with E-state index >= 15 is 0 Å². The van der Waals surface area contributed by atoms with E-state index in [1.807, 2.05) is 11.9 Å². The molecule has 5 rings (SSSR count). The molecule has 2 saturated heterocycles. The molecule has 2 fully saturated rings. The number of nitrogens with two attached hydrogens (primary N) is 1. The Labute approximate surface area is 218 Å². The second kappa shape index (κ2) is 10.4. The number of morpholine rings is 1. The number of likely N-dealkylation sites (tertiary alicyclic amines) is 1. The van der Waals surface area contributed by atoms with E-state index in [1.165, 1.54) is 13.0 Å². The number of ether oxygens (including phenoxy) is 1. The lowest BCUT2D eigenvalue weighted by Gasteiger charge is -2.27. The van der Waals surface area contributed by atoms with Gasteiger partial charge in [0.2, 0.25) is 5.91 Å². The molecular weight excluding hydrogens is 499 g/mol. The van der Waals surface area contributed by atoms with Gasteiger partial charge in [-0.3, -0.25) is 9.69 Å². The number of carbonyl (C=O) groups is 1. The first-order valence-electron chi connectivity index (χ1n) is 12.8. The number of halogens is 3. The van der Waals surface area contributed by atoms with Gasteiger partial charge in [-0.05, 0) is 50.6 Å². The molecule has 0 spiro atoms. The molecule has 4 heterocycles. The van der Waals surface area contributed by atoms with Crippen molar-refractivity contribution in [2.75, 3.05) is 50.5 Å². The molecule has 3 N–H and O–H groups in total. The van der Waals surface area contributed by atoms with Gasteiger partial charge in [-0.25, -0.2) is 9.50 Å². The molecule has 3 aromatic rings. The summed E-state index contributed by atoms with van der Waals surface area (Å²) in [6, 6.07) is 5.71. The summed E-state index contributed by atoms with van der Waals surface area (Å²) in [4.78, 5) is 21.6. The number of carbonyl (C=O) groups excluding carboxylic acids is 1. The first-order chi connectivity index (χ1) is 18.1. The van der Waals surface area contributed by atoms with Crippen molar-refractivity contribution in [2.45, 2.75) is 44.9 Å². The second-order valence-electron chi connectivity index (χ2n) is 9.92. The number of fused-ring (bicyclic) bond motifs is 1. The maximum atomic E-state index is 13.6. The van der Waals surface area contributed by atoms with Crippen molar-refractivity contribution < 1.29 is 22.7 Å². The van der Waals surface area contributed by atoms with Gasteiger partial charge in [0.1, 0.15) is 0 Å². The smallest absolute Gasteiger partial charge is 0.396 e. The van der Waals surface area contributed by atoms with Crippen molar-refractivity contribution in [3.63, 3.8) is 0 Å². The molecule has 0 saturated carbocycles. The van der Waals surface area contributed by atoms with Gasteiger partial charge in [-0.15, -0.1) is 5.10 Å². The molecule has 0 aliphatic carbocycles. The molecule has 204 valence electrons. The van der Waals surface area contributed by atoms with Crippen molar-refractivity contribution in [3.05, 3.63) is 52.3 Å². The van der Waals surface area contributed by atoms with Gasteiger partial charge in [0.05, 0.1) is 48.4 Å². The predicted molar refractivity (Wildman–Crippen MR) is 137 cm³/mol. The number of hydrogen-bond acceptors (Lipinski definition) is 7. The third kappa shape index (κ3) is 5.14. The number of nitrogens with one attached hydrogen (secondary N) is 1. The van der Waals surface area contributed by atoms with E-state index < -0.39 is 11.7 Å². The minimum atomic E-state index is -4.46. The van der Waals surface area contributed by atoms with E-state index in [0.717, 1.165) is 25.5 Å². The fourth-order valence-electron chi connectivity index (χ4n) is 5.28. The molecule has 0 bridgehead atoms. The maximum absolute atomic E-state index is 13.6. The fraction of sp³-hybridized carbons (Fsp3) is 0.500.